The van der Waals surface area contributed by atoms with Gasteiger partial charge in [-0.05, 0) is 67.1 Å². The number of anilines is 3. The molecule has 1 aromatic heterocycles. The van der Waals surface area contributed by atoms with Crippen LogP contribution in [0.5, 0.6) is 0 Å². The predicted molar refractivity (Wildman–Crippen MR) is 146 cm³/mol. The van der Waals surface area contributed by atoms with Crippen LogP contribution in [0.25, 0.3) is 0 Å². The average Bonchev–Trinajstić information content (AvgIpc) is 2.87. The SMILES string of the molecule is Cc1ccnc(NS(=O)(=O)c2ccc(NC(=O)c3ccc(CN(c4ccccc4)S(C)(=O)=O)cc3)cc2)n1. The molecule has 2 N–H and O–H groups in total. The Hall–Kier alpha value is -4.29. The molecule has 0 fully saturated rings. The number of nitrogens with zero attached hydrogens (tertiary/aromatic N) is 3. The first-order valence-electron chi connectivity index (χ1n) is 11.4. The van der Waals surface area contributed by atoms with E-state index in [4.69, 9.17) is 0 Å². The number of nitrogens with one attached hydrogen (secondary N) is 2. The maximum atomic E-state index is 12.7. The fourth-order valence-electron chi connectivity index (χ4n) is 3.52. The Labute approximate surface area is 221 Å². The number of sulfonamides is 2. The molecule has 3 aromatic carbocycles. The molecular formula is C26H25N5O5S2. The highest BCUT2D eigenvalue weighted by molar-refractivity contribution is 7.92. The van der Waals surface area contributed by atoms with Gasteiger partial charge in [0.1, 0.15) is 0 Å². The van der Waals surface area contributed by atoms with Crippen LogP contribution in [-0.4, -0.2) is 39.0 Å². The minimum Gasteiger partial charge on any atom is -0.322 e. The van der Waals surface area contributed by atoms with Crippen LogP contribution >= 0.6 is 0 Å². The summed E-state index contributed by atoms with van der Waals surface area (Å²) in [6.07, 6.45) is 2.60. The lowest BCUT2D eigenvalue weighted by molar-refractivity contribution is 0.102. The Morgan fingerprint density at radius 3 is 2.13 bits per heavy atom. The Morgan fingerprint density at radius 1 is 0.868 bits per heavy atom. The molecule has 10 nitrogen and oxygen atoms in total. The molecule has 38 heavy (non-hydrogen) atoms. The van der Waals surface area contributed by atoms with Gasteiger partial charge in [-0.1, -0.05) is 30.3 Å². The van der Waals surface area contributed by atoms with Crippen LogP contribution in [0.1, 0.15) is 21.6 Å². The van der Waals surface area contributed by atoms with Crippen molar-refractivity contribution in [1.29, 1.82) is 0 Å². The first-order valence-corrected chi connectivity index (χ1v) is 14.7. The summed E-state index contributed by atoms with van der Waals surface area (Å²) in [6.45, 7) is 1.84. The standard InChI is InChI=1S/C26H25N5O5S2/c1-19-16-17-27-26(28-19)30-38(35,36)24-14-12-22(13-15-24)29-25(32)21-10-8-20(9-11-21)18-31(37(2,33)34)23-6-4-3-5-7-23/h3-17H,18H2,1-2H3,(H,29,32)(H,27,28,30). The third-order valence-corrected chi connectivity index (χ3v) is 7.91. The molecule has 0 aliphatic rings. The summed E-state index contributed by atoms with van der Waals surface area (Å²) < 4.78 is 53.5. The van der Waals surface area contributed by atoms with E-state index in [2.05, 4.69) is 20.0 Å². The minimum absolute atomic E-state index is 0.0150. The fraction of sp³-hybridized carbons (Fsp3) is 0.115. The smallest absolute Gasteiger partial charge is 0.264 e. The summed E-state index contributed by atoms with van der Waals surface area (Å²) in [6, 6.07) is 22.6. The summed E-state index contributed by atoms with van der Waals surface area (Å²) in [5, 5.41) is 2.72. The molecule has 0 spiro atoms. The van der Waals surface area contributed by atoms with E-state index >= 15 is 0 Å². The molecule has 0 saturated carbocycles. The minimum atomic E-state index is -3.91. The molecule has 1 amide bonds. The van der Waals surface area contributed by atoms with E-state index in [1.165, 1.54) is 34.8 Å². The van der Waals surface area contributed by atoms with Crippen LogP contribution in [-0.2, 0) is 26.6 Å². The highest BCUT2D eigenvalue weighted by Crippen LogP contribution is 2.21. The number of rotatable bonds is 9. The second-order valence-electron chi connectivity index (χ2n) is 8.41. The number of hydrogen-bond donors (Lipinski definition) is 2. The molecule has 1 heterocycles. The molecule has 196 valence electrons. The van der Waals surface area contributed by atoms with E-state index in [9.17, 15) is 21.6 Å². The fourth-order valence-corrected chi connectivity index (χ4v) is 5.36. The summed E-state index contributed by atoms with van der Waals surface area (Å²) in [4.78, 5) is 20.6. The van der Waals surface area contributed by atoms with Gasteiger partial charge < -0.3 is 5.32 Å². The normalized spacial score (nSPS) is 11.5. The van der Waals surface area contributed by atoms with Crippen LogP contribution in [0.15, 0.2) is 96.0 Å². The van der Waals surface area contributed by atoms with Crippen molar-refractivity contribution in [3.63, 3.8) is 0 Å². The lowest BCUT2D eigenvalue weighted by Gasteiger charge is -2.22. The van der Waals surface area contributed by atoms with Crippen molar-refractivity contribution in [2.24, 2.45) is 0 Å². The van der Waals surface area contributed by atoms with Gasteiger partial charge in [0.05, 0.1) is 23.4 Å². The maximum Gasteiger partial charge on any atom is 0.264 e. The number of carbonyl (C=O) groups excluding carboxylic acids is 1. The lowest BCUT2D eigenvalue weighted by Crippen LogP contribution is -2.29. The van der Waals surface area contributed by atoms with Crippen LogP contribution in [0.4, 0.5) is 17.3 Å². The third-order valence-electron chi connectivity index (χ3n) is 5.43. The van der Waals surface area contributed by atoms with Crippen LogP contribution in [0, 0.1) is 6.92 Å². The van der Waals surface area contributed by atoms with Gasteiger partial charge in [0.15, 0.2) is 0 Å². The van der Waals surface area contributed by atoms with Crippen LogP contribution in [0.2, 0.25) is 0 Å². The van der Waals surface area contributed by atoms with Crippen LogP contribution in [0.3, 0.4) is 0 Å². The highest BCUT2D eigenvalue weighted by Gasteiger charge is 2.18. The van der Waals surface area contributed by atoms with E-state index < -0.39 is 26.0 Å². The summed E-state index contributed by atoms with van der Waals surface area (Å²) in [5.74, 6) is -0.435. The zero-order valence-electron chi connectivity index (χ0n) is 20.6. The second-order valence-corrected chi connectivity index (χ2v) is 12.0. The number of amides is 1. The summed E-state index contributed by atoms with van der Waals surface area (Å²) in [5.41, 5.74) is 2.62. The molecule has 0 atom stereocenters. The van der Waals surface area contributed by atoms with Gasteiger partial charge in [0.2, 0.25) is 16.0 Å². The molecule has 0 aliphatic heterocycles. The Bertz CT molecular complexity index is 1640. The van der Waals surface area contributed by atoms with Crippen molar-refractivity contribution in [2.75, 3.05) is 20.6 Å². The quantitative estimate of drug-likeness (QED) is 0.323. The maximum absolute atomic E-state index is 12.7. The number of carbonyl (C=O) groups is 1. The van der Waals surface area contributed by atoms with Crippen molar-refractivity contribution < 1.29 is 21.6 Å². The number of para-hydroxylation sites is 1. The van der Waals surface area contributed by atoms with Gasteiger partial charge in [-0.2, -0.15) is 0 Å². The van der Waals surface area contributed by atoms with E-state index in [0.717, 1.165) is 6.26 Å². The molecule has 0 bridgehead atoms. The van der Waals surface area contributed by atoms with Gasteiger partial charge in [-0.25, -0.2) is 31.5 Å². The second kappa shape index (κ2) is 11.0. The topological polar surface area (TPSA) is 138 Å². The molecular weight excluding hydrogens is 526 g/mol. The van der Waals surface area contributed by atoms with Crippen molar-refractivity contribution in [3.05, 3.63) is 108 Å². The first-order chi connectivity index (χ1) is 18.0. The van der Waals surface area contributed by atoms with Gasteiger partial charge in [0.25, 0.3) is 15.9 Å². The average molecular weight is 552 g/mol. The molecule has 0 saturated heterocycles. The monoisotopic (exact) mass is 551 g/mol. The number of aryl methyl sites for hydroxylation is 1. The van der Waals surface area contributed by atoms with Crippen molar-refractivity contribution in [2.45, 2.75) is 18.4 Å². The molecule has 0 unspecified atom stereocenters. The lowest BCUT2D eigenvalue weighted by atomic mass is 10.1. The van der Waals surface area contributed by atoms with Gasteiger partial charge >= 0.3 is 0 Å². The summed E-state index contributed by atoms with van der Waals surface area (Å²) in [7, 11) is -7.42. The van der Waals surface area contributed by atoms with Crippen molar-refractivity contribution in [3.8, 4) is 0 Å². The zero-order valence-corrected chi connectivity index (χ0v) is 22.2. The summed E-state index contributed by atoms with van der Waals surface area (Å²) >= 11 is 0. The molecule has 4 rings (SSSR count). The zero-order chi connectivity index (χ0) is 27.3. The van der Waals surface area contributed by atoms with E-state index in [0.29, 0.717) is 28.2 Å². The predicted octanol–water partition coefficient (Wildman–Crippen LogP) is 3.80. The highest BCUT2D eigenvalue weighted by atomic mass is 32.2. The third kappa shape index (κ3) is 6.72. The van der Waals surface area contributed by atoms with E-state index in [1.807, 2.05) is 0 Å². The Morgan fingerprint density at radius 2 is 1.53 bits per heavy atom. The largest absolute Gasteiger partial charge is 0.322 e. The first kappa shape index (κ1) is 26.8. The van der Waals surface area contributed by atoms with Gasteiger partial charge in [0, 0.05) is 23.1 Å². The Kier molecular flexibility index (Phi) is 7.74. The molecule has 4 aromatic rings. The molecule has 0 radical (unpaired) electrons. The Balaban J connectivity index is 1.42. The van der Waals surface area contributed by atoms with Gasteiger partial charge in [-0.3, -0.25) is 9.10 Å². The van der Waals surface area contributed by atoms with E-state index in [1.54, 1.807) is 67.6 Å². The number of hydrogen-bond acceptors (Lipinski definition) is 7. The van der Waals surface area contributed by atoms with E-state index in [-0.39, 0.29) is 17.4 Å². The number of aromatic nitrogens is 2. The molecule has 12 heteroatoms. The number of benzene rings is 3. The van der Waals surface area contributed by atoms with Crippen molar-refractivity contribution in [1.82, 2.24) is 9.97 Å². The molecule has 0 aliphatic carbocycles. The van der Waals surface area contributed by atoms with Crippen LogP contribution < -0.4 is 14.3 Å². The van der Waals surface area contributed by atoms with Gasteiger partial charge in [-0.15, -0.1) is 0 Å². The van der Waals surface area contributed by atoms with Crippen molar-refractivity contribution >= 4 is 43.3 Å².